The lowest BCUT2D eigenvalue weighted by molar-refractivity contribution is 1.21. The molecule has 0 saturated heterocycles. The summed E-state index contributed by atoms with van der Waals surface area (Å²) in [7, 11) is 0. The highest BCUT2D eigenvalue weighted by atomic mass is 14.2. The fourth-order valence-electron chi connectivity index (χ4n) is 1.12. The molecule has 0 spiro atoms. The first-order valence-corrected chi connectivity index (χ1v) is 3.88. The van der Waals surface area contributed by atoms with Gasteiger partial charge in [0.2, 0.25) is 0 Å². The van der Waals surface area contributed by atoms with E-state index in [1.165, 1.54) is 11.1 Å². The third-order valence-electron chi connectivity index (χ3n) is 1.84. The van der Waals surface area contributed by atoms with E-state index in [1.54, 1.807) is 0 Å². The van der Waals surface area contributed by atoms with Crippen molar-refractivity contribution in [1.29, 1.82) is 5.26 Å². The maximum absolute atomic E-state index is 8.65. The number of aryl methyl sites for hydroxylation is 1. The number of nitriles is 1. The van der Waals surface area contributed by atoms with E-state index >= 15 is 0 Å². The number of nitrogens with zero attached hydrogens (tertiary/aromatic N) is 1. The minimum atomic E-state index is 0.720. The maximum Gasteiger partial charge on any atom is 0.0991 e. The van der Waals surface area contributed by atoms with Crippen LogP contribution >= 0.6 is 0 Å². The molecule has 0 atom stereocenters. The van der Waals surface area contributed by atoms with E-state index in [1.807, 2.05) is 31.2 Å². The second-order valence-electron chi connectivity index (χ2n) is 2.75. The van der Waals surface area contributed by atoms with Crippen LogP contribution in [0.5, 0.6) is 0 Å². The first-order chi connectivity index (χ1) is 5.77. The molecular formula is C11H11N. The summed E-state index contributed by atoms with van der Waals surface area (Å²) in [5, 5.41) is 8.65. The molecule has 0 unspecified atom stereocenters. The third kappa shape index (κ3) is 1.73. The van der Waals surface area contributed by atoms with Gasteiger partial charge in [-0.15, -0.1) is 6.58 Å². The van der Waals surface area contributed by atoms with Gasteiger partial charge in [-0.05, 0) is 36.6 Å². The highest BCUT2D eigenvalue weighted by Crippen LogP contribution is 2.11. The van der Waals surface area contributed by atoms with Crippen LogP contribution in [0.3, 0.4) is 0 Å². The largest absolute Gasteiger partial charge is 0.192 e. The minimum Gasteiger partial charge on any atom is -0.192 e. The fourth-order valence-corrected chi connectivity index (χ4v) is 1.12. The van der Waals surface area contributed by atoms with Gasteiger partial charge in [-0.25, -0.2) is 0 Å². The van der Waals surface area contributed by atoms with Crippen molar-refractivity contribution in [1.82, 2.24) is 0 Å². The van der Waals surface area contributed by atoms with Crippen molar-refractivity contribution < 1.29 is 0 Å². The number of rotatable bonds is 2. The van der Waals surface area contributed by atoms with Crippen LogP contribution in [-0.2, 0) is 6.42 Å². The molecular weight excluding hydrogens is 146 g/mol. The number of hydrogen-bond donors (Lipinski definition) is 0. The van der Waals surface area contributed by atoms with E-state index in [4.69, 9.17) is 5.26 Å². The zero-order chi connectivity index (χ0) is 8.97. The van der Waals surface area contributed by atoms with E-state index in [9.17, 15) is 0 Å². The molecule has 1 rings (SSSR count). The van der Waals surface area contributed by atoms with E-state index in [0.717, 1.165) is 12.0 Å². The Balaban J connectivity index is 3.09. The number of allylic oxidation sites excluding steroid dienone is 1. The Labute approximate surface area is 73.0 Å². The first-order valence-electron chi connectivity index (χ1n) is 3.88. The molecule has 0 aliphatic heterocycles. The molecule has 0 aliphatic carbocycles. The monoisotopic (exact) mass is 157 g/mol. The van der Waals surface area contributed by atoms with Crippen molar-refractivity contribution in [2.24, 2.45) is 0 Å². The van der Waals surface area contributed by atoms with Gasteiger partial charge in [-0.1, -0.05) is 12.1 Å². The smallest absolute Gasteiger partial charge is 0.0991 e. The predicted molar refractivity (Wildman–Crippen MR) is 49.8 cm³/mol. The Bertz CT molecular complexity index is 331. The maximum atomic E-state index is 8.65. The molecule has 1 aromatic carbocycles. The number of benzene rings is 1. The van der Waals surface area contributed by atoms with Gasteiger partial charge in [0.1, 0.15) is 0 Å². The molecule has 0 aliphatic rings. The lowest BCUT2D eigenvalue weighted by Gasteiger charge is -2.01. The van der Waals surface area contributed by atoms with Crippen LogP contribution in [0.1, 0.15) is 16.7 Å². The van der Waals surface area contributed by atoms with E-state index in [-0.39, 0.29) is 0 Å². The molecule has 1 nitrogen and oxygen atoms in total. The standard InChI is InChI=1S/C11H11N/c1-3-4-11-7-10(8-12)6-5-9(11)2/h3,5-7H,1,4H2,2H3. The molecule has 60 valence electrons. The van der Waals surface area contributed by atoms with E-state index < -0.39 is 0 Å². The van der Waals surface area contributed by atoms with Crippen molar-refractivity contribution in [3.05, 3.63) is 47.5 Å². The van der Waals surface area contributed by atoms with Gasteiger partial charge in [0.15, 0.2) is 0 Å². The number of hydrogen-bond acceptors (Lipinski definition) is 1. The SMILES string of the molecule is C=CCc1cc(C#N)ccc1C. The van der Waals surface area contributed by atoms with Gasteiger partial charge in [0.05, 0.1) is 11.6 Å². The Morgan fingerprint density at radius 3 is 2.92 bits per heavy atom. The van der Waals surface area contributed by atoms with Crippen LogP contribution in [0.25, 0.3) is 0 Å². The zero-order valence-electron chi connectivity index (χ0n) is 7.17. The van der Waals surface area contributed by atoms with Crippen LogP contribution in [-0.4, -0.2) is 0 Å². The lowest BCUT2D eigenvalue weighted by atomic mass is 10.0. The average molecular weight is 157 g/mol. The van der Waals surface area contributed by atoms with Crippen LogP contribution in [0.15, 0.2) is 30.9 Å². The highest BCUT2D eigenvalue weighted by Gasteiger charge is 1.97. The normalized spacial score (nSPS) is 9.00. The minimum absolute atomic E-state index is 0.720. The average Bonchev–Trinajstić information content (AvgIpc) is 2.09. The Morgan fingerprint density at radius 2 is 2.33 bits per heavy atom. The molecule has 12 heavy (non-hydrogen) atoms. The zero-order valence-corrected chi connectivity index (χ0v) is 7.17. The quantitative estimate of drug-likeness (QED) is 0.605. The van der Waals surface area contributed by atoms with E-state index in [2.05, 4.69) is 12.6 Å². The summed E-state index contributed by atoms with van der Waals surface area (Å²) in [5.74, 6) is 0. The summed E-state index contributed by atoms with van der Waals surface area (Å²) in [5.41, 5.74) is 3.12. The second kappa shape index (κ2) is 3.73. The highest BCUT2D eigenvalue weighted by molar-refractivity contribution is 5.38. The van der Waals surface area contributed by atoms with Gasteiger partial charge in [-0.3, -0.25) is 0 Å². The van der Waals surface area contributed by atoms with Crippen molar-refractivity contribution in [2.45, 2.75) is 13.3 Å². The summed E-state index contributed by atoms with van der Waals surface area (Å²) >= 11 is 0. The summed E-state index contributed by atoms with van der Waals surface area (Å²) in [6, 6.07) is 7.84. The predicted octanol–water partition coefficient (Wildman–Crippen LogP) is 2.60. The summed E-state index contributed by atoms with van der Waals surface area (Å²) in [6.45, 7) is 5.71. The van der Waals surface area contributed by atoms with E-state index in [0.29, 0.717) is 0 Å². The molecule has 1 aromatic rings. The third-order valence-corrected chi connectivity index (χ3v) is 1.84. The van der Waals surface area contributed by atoms with Crippen LogP contribution in [0.4, 0.5) is 0 Å². The van der Waals surface area contributed by atoms with Gasteiger partial charge >= 0.3 is 0 Å². The molecule has 0 aromatic heterocycles. The van der Waals surface area contributed by atoms with Gasteiger partial charge < -0.3 is 0 Å². The van der Waals surface area contributed by atoms with Crippen molar-refractivity contribution in [3.63, 3.8) is 0 Å². The molecule has 1 heteroatoms. The Morgan fingerprint density at radius 1 is 1.58 bits per heavy atom. The summed E-state index contributed by atoms with van der Waals surface area (Å²) in [6.07, 6.45) is 2.69. The molecule has 0 N–H and O–H groups in total. The molecule has 0 saturated carbocycles. The molecule has 0 radical (unpaired) electrons. The van der Waals surface area contributed by atoms with Gasteiger partial charge in [0, 0.05) is 0 Å². The van der Waals surface area contributed by atoms with Gasteiger partial charge in [0.25, 0.3) is 0 Å². The van der Waals surface area contributed by atoms with Crippen LogP contribution in [0, 0.1) is 18.3 Å². The summed E-state index contributed by atoms with van der Waals surface area (Å²) in [4.78, 5) is 0. The second-order valence-corrected chi connectivity index (χ2v) is 2.75. The summed E-state index contributed by atoms with van der Waals surface area (Å²) < 4.78 is 0. The van der Waals surface area contributed by atoms with Gasteiger partial charge in [-0.2, -0.15) is 5.26 Å². The molecule has 0 bridgehead atoms. The molecule has 0 heterocycles. The van der Waals surface area contributed by atoms with Crippen molar-refractivity contribution in [2.75, 3.05) is 0 Å². The van der Waals surface area contributed by atoms with Crippen molar-refractivity contribution in [3.8, 4) is 6.07 Å². The van der Waals surface area contributed by atoms with Crippen LogP contribution in [0.2, 0.25) is 0 Å². The van der Waals surface area contributed by atoms with Crippen LogP contribution < -0.4 is 0 Å². The Kier molecular flexibility index (Phi) is 2.66. The Hall–Kier alpha value is -1.55. The first kappa shape index (κ1) is 8.55. The topological polar surface area (TPSA) is 23.8 Å². The lowest BCUT2D eigenvalue weighted by Crippen LogP contribution is -1.87. The molecule has 0 amide bonds. The molecule has 0 fully saturated rings. The van der Waals surface area contributed by atoms with Crippen molar-refractivity contribution >= 4 is 0 Å². The fraction of sp³-hybridized carbons (Fsp3) is 0.182.